The van der Waals surface area contributed by atoms with Gasteiger partial charge in [-0.15, -0.1) is 0 Å². The zero-order chi connectivity index (χ0) is 23.0. The van der Waals surface area contributed by atoms with Crippen LogP contribution in [0.3, 0.4) is 0 Å². The predicted octanol–water partition coefficient (Wildman–Crippen LogP) is 3.59. The van der Waals surface area contributed by atoms with Crippen LogP contribution in [0.15, 0.2) is 42.6 Å². The Balaban J connectivity index is 1.71. The molecule has 32 heavy (non-hydrogen) atoms. The minimum Gasteiger partial charge on any atom is -0.508 e. The van der Waals surface area contributed by atoms with Crippen LogP contribution in [-0.4, -0.2) is 40.4 Å². The molecule has 4 rings (SSSR count). The number of rotatable bonds is 6. The predicted molar refractivity (Wildman–Crippen MR) is 120 cm³/mol. The molecule has 0 bridgehead atoms. The number of carbonyl (C=O) groups is 2. The van der Waals surface area contributed by atoms with Gasteiger partial charge in [0.2, 0.25) is 5.91 Å². The molecule has 4 N–H and O–H groups in total. The molecule has 1 aliphatic heterocycles. The van der Waals surface area contributed by atoms with Gasteiger partial charge >= 0.3 is 6.03 Å². The molecule has 0 saturated carbocycles. The monoisotopic (exact) mass is 438 g/mol. The summed E-state index contributed by atoms with van der Waals surface area (Å²) in [5.74, 6) is -0.171. The van der Waals surface area contributed by atoms with Crippen LogP contribution < -0.4 is 15.8 Å². The number of hydrogen-bond donors (Lipinski definition) is 4. The van der Waals surface area contributed by atoms with Crippen molar-refractivity contribution < 1.29 is 24.5 Å². The highest BCUT2D eigenvalue weighted by molar-refractivity contribution is 5.99. The molecular weight excluding hydrogens is 412 g/mol. The summed E-state index contributed by atoms with van der Waals surface area (Å²) in [5, 5.41) is 21.5. The summed E-state index contributed by atoms with van der Waals surface area (Å²) in [4.78, 5) is 26.6. The van der Waals surface area contributed by atoms with Crippen molar-refractivity contribution in [3.63, 3.8) is 0 Å². The molecule has 0 radical (unpaired) electrons. The molecule has 9 heteroatoms. The van der Waals surface area contributed by atoms with Crippen LogP contribution in [0.2, 0.25) is 0 Å². The maximum absolute atomic E-state index is 12.7. The van der Waals surface area contributed by atoms with E-state index in [1.165, 1.54) is 11.0 Å². The highest BCUT2D eigenvalue weighted by Gasteiger charge is 2.35. The number of urea groups is 1. The Morgan fingerprint density at radius 3 is 2.66 bits per heavy atom. The van der Waals surface area contributed by atoms with Gasteiger partial charge in [-0.1, -0.05) is 13.8 Å². The molecule has 1 unspecified atom stereocenters. The van der Waals surface area contributed by atoms with Crippen LogP contribution >= 0.6 is 0 Å². The van der Waals surface area contributed by atoms with Gasteiger partial charge in [-0.25, -0.2) is 10.2 Å². The minimum atomic E-state index is -0.691. The maximum Gasteiger partial charge on any atom is 0.337 e. The zero-order valence-corrected chi connectivity index (χ0v) is 18.1. The van der Waals surface area contributed by atoms with E-state index in [0.717, 1.165) is 10.9 Å². The lowest BCUT2D eigenvalue weighted by molar-refractivity contribution is 0.0856. The average molecular weight is 438 g/mol. The molecular formula is C23H26N4O5. The number of fused-ring (bicyclic) bond motifs is 1. The first-order chi connectivity index (χ1) is 15.3. The third kappa shape index (κ3) is 3.76. The van der Waals surface area contributed by atoms with Gasteiger partial charge in [0.25, 0.3) is 0 Å². The molecule has 0 spiro atoms. The number of amides is 2. The van der Waals surface area contributed by atoms with Crippen molar-refractivity contribution in [2.75, 3.05) is 18.6 Å². The fourth-order valence-electron chi connectivity index (χ4n) is 3.96. The first-order valence-electron chi connectivity index (χ1n) is 10.4. The number of aromatic hydroxyl groups is 2. The number of hydrogen-bond acceptors (Lipinski definition) is 6. The highest BCUT2D eigenvalue weighted by atomic mass is 16.5. The van der Waals surface area contributed by atoms with Crippen LogP contribution in [0.1, 0.15) is 48.3 Å². The third-order valence-electron chi connectivity index (χ3n) is 5.63. The number of phenols is 2. The van der Waals surface area contributed by atoms with Gasteiger partial charge in [-0.05, 0) is 41.8 Å². The largest absolute Gasteiger partial charge is 0.508 e. The van der Waals surface area contributed by atoms with E-state index in [1.54, 1.807) is 36.1 Å². The number of phenolic OH excluding ortho intramolecular Hbond substituents is 2. The second kappa shape index (κ2) is 8.52. The molecule has 3 aromatic rings. The van der Waals surface area contributed by atoms with Crippen molar-refractivity contribution in [2.24, 2.45) is 0 Å². The Morgan fingerprint density at radius 1 is 1.16 bits per heavy atom. The van der Waals surface area contributed by atoms with E-state index >= 15 is 0 Å². The summed E-state index contributed by atoms with van der Waals surface area (Å²) >= 11 is 0. The summed E-state index contributed by atoms with van der Waals surface area (Å²) in [7, 11) is 1.55. The van der Waals surface area contributed by atoms with Crippen molar-refractivity contribution in [2.45, 2.75) is 32.4 Å². The second-order valence-electron chi connectivity index (χ2n) is 8.04. The summed E-state index contributed by atoms with van der Waals surface area (Å²) in [6, 6.07) is 9.77. The lowest BCUT2D eigenvalue weighted by Crippen LogP contribution is -2.29. The number of nitrogens with one attached hydrogen (secondary N) is 2. The molecule has 1 atom stereocenters. The van der Waals surface area contributed by atoms with Gasteiger partial charge in [0, 0.05) is 36.0 Å². The number of aromatic nitrogens is 1. The molecule has 2 heterocycles. The molecule has 2 amide bonds. The van der Waals surface area contributed by atoms with Crippen LogP contribution in [-0.2, 0) is 4.74 Å². The molecule has 0 aliphatic carbocycles. The van der Waals surface area contributed by atoms with Gasteiger partial charge in [0.15, 0.2) is 0 Å². The Bertz CT molecular complexity index is 1190. The summed E-state index contributed by atoms with van der Waals surface area (Å²) in [6.07, 6.45) is 1.27. The molecule has 1 fully saturated rings. The second-order valence-corrected chi connectivity index (χ2v) is 8.04. The molecule has 2 aromatic carbocycles. The first-order valence-corrected chi connectivity index (χ1v) is 10.4. The average Bonchev–Trinajstić information content (AvgIpc) is 3.34. The summed E-state index contributed by atoms with van der Waals surface area (Å²) in [5.41, 5.74) is 7.94. The minimum absolute atomic E-state index is 0.00554. The van der Waals surface area contributed by atoms with Gasteiger partial charge in [-0.2, -0.15) is 0 Å². The van der Waals surface area contributed by atoms with E-state index in [0.29, 0.717) is 23.4 Å². The zero-order valence-electron chi connectivity index (χ0n) is 18.1. The topological polar surface area (TPSA) is 116 Å². The fourth-order valence-corrected chi connectivity index (χ4v) is 3.96. The van der Waals surface area contributed by atoms with E-state index in [1.807, 2.05) is 26.0 Å². The quantitative estimate of drug-likeness (QED) is 0.467. The van der Waals surface area contributed by atoms with E-state index in [2.05, 4.69) is 10.9 Å². The first kappa shape index (κ1) is 21.7. The Hall–Kier alpha value is -3.56. The fraction of sp³-hybridized carbons (Fsp3) is 0.304. The van der Waals surface area contributed by atoms with Crippen molar-refractivity contribution >= 4 is 28.5 Å². The van der Waals surface area contributed by atoms with Gasteiger partial charge in [-0.3, -0.25) is 19.7 Å². The van der Waals surface area contributed by atoms with Crippen molar-refractivity contribution in [1.82, 2.24) is 15.4 Å². The lowest BCUT2D eigenvalue weighted by atomic mass is 9.97. The normalized spacial score (nSPS) is 16.2. The SMILES string of the molecule is COCCC(=O)n1ccc2cc(N3C(=O)NNC3c3cc(C(C)C)c(O)cc3O)ccc21. The number of ether oxygens (including phenoxy) is 1. The number of hydrazine groups is 1. The van der Waals surface area contributed by atoms with E-state index in [9.17, 15) is 19.8 Å². The van der Waals surface area contributed by atoms with E-state index < -0.39 is 6.17 Å². The molecule has 1 saturated heterocycles. The number of anilines is 1. The van der Waals surface area contributed by atoms with Crippen molar-refractivity contribution in [1.29, 1.82) is 0 Å². The van der Waals surface area contributed by atoms with Crippen LogP contribution in [0.4, 0.5) is 10.5 Å². The molecule has 9 nitrogen and oxygen atoms in total. The van der Waals surface area contributed by atoms with Crippen LogP contribution in [0.5, 0.6) is 11.5 Å². The Kier molecular flexibility index (Phi) is 5.77. The number of benzene rings is 2. The van der Waals surface area contributed by atoms with E-state index in [-0.39, 0.29) is 35.8 Å². The number of methoxy groups -OCH3 is 1. The van der Waals surface area contributed by atoms with E-state index in [4.69, 9.17) is 4.74 Å². The summed E-state index contributed by atoms with van der Waals surface area (Å²) < 4.78 is 6.55. The van der Waals surface area contributed by atoms with Crippen LogP contribution in [0, 0.1) is 0 Å². The van der Waals surface area contributed by atoms with Crippen molar-refractivity contribution in [3.05, 3.63) is 53.7 Å². The van der Waals surface area contributed by atoms with Gasteiger partial charge < -0.3 is 14.9 Å². The third-order valence-corrected chi connectivity index (χ3v) is 5.63. The smallest absolute Gasteiger partial charge is 0.337 e. The summed E-state index contributed by atoms with van der Waals surface area (Å²) in [6.45, 7) is 4.21. The van der Waals surface area contributed by atoms with Crippen LogP contribution in [0.25, 0.3) is 10.9 Å². The standard InChI is InChI=1S/C23H26N4O5/c1-13(2)16-11-17(20(29)12-19(16)28)22-24-25-23(31)27(22)15-4-5-18-14(10-15)6-8-26(18)21(30)7-9-32-3/h4-6,8,10-13,22,24,28-29H,7,9H2,1-3H3,(H,25,31). The highest BCUT2D eigenvalue weighted by Crippen LogP contribution is 2.39. The van der Waals surface area contributed by atoms with Crippen molar-refractivity contribution in [3.8, 4) is 11.5 Å². The number of carbonyl (C=O) groups excluding carboxylic acids is 2. The molecule has 168 valence electrons. The lowest BCUT2D eigenvalue weighted by Gasteiger charge is -2.25. The number of nitrogens with zero attached hydrogens (tertiary/aromatic N) is 2. The van der Waals surface area contributed by atoms with Gasteiger partial charge in [0.1, 0.15) is 17.7 Å². The maximum atomic E-state index is 12.7. The molecule has 1 aromatic heterocycles. The van der Waals surface area contributed by atoms with Gasteiger partial charge in [0.05, 0.1) is 18.5 Å². The molecule has 1 aliphatic rings. The Labute approximate surface area is 185 Å². The Morgan fingerprint density at radius 2 is 1.94 bits per heavy atom.